The number of hydrogen-bond donors (Lipinski definition) is 1. The van der Waals surface area contributed by atoms with Gasteiger partial charge in [0.25, 0.3) is 0 Å². The van der Waals surface area contributed by atoms with Gasteiger partial charge in [-0.25, -0.2) is 9.89 Å². The van der Waals surface area contributed by atoms with Gasteiger partial charge in [0.2, 0.25) is 0 Å². The van der Waals surface area contributed by atoms with E-state index in [4.69, 9.17) is 14.2 Å². The lowest BCUT2D eigenvalue weighted by Gasteiger charge is -2.18. The Morgan fingerprint density at radius 1 is 1.27 bits per heavy atom. The first kappa shape index (κ1) is 17.2. The summed E-state index contributed by atoms with van der Waals surface area (Å²) in [6.45, 7) is 2.16. The van der Waals surface area contributed by atoms with E-state index in [9.17, 15) is 9.59 Å². The second-order valence-electron chi connectivity index (χ2n) is 6.13. The Balaban J connectivity index is 1.42. The van der Waals surface area contributed by atoms with E-state index in [0.717, 1.165) is 19.4 Å². The number of Topliss-reactive ketones (excluding diaryl/α,β-unsaturated/α-hetero) is 1. The van der Waals surface area contributed by atoms with Crippen LogP contribution in [0.1, 0.15) is 23.2 Å². The van der Waals surface area contributed by atoms with Gasteiger partial charge in [0.05, 0.1) is 18.4 Å². The van der Waals surface area contributed by atoms with E-state index in [0.29, 0.717) is 42.0 Å². The Kier molecular flexibility index (Phi) is 4.98. The summed E-state index contributed by atoms with van der Waals surface area (Å²) in [6, 6.07) is 5.16. The normalized spacial score (nSPS) is 18.8. The molecule has 26 heavy (non-hydrogen) atoms. The molecule has 8 nitrogen and oxygen atoms in total. The number of H-pyrrole nitrogens is 1. The molecular formula is C17H19N3O5S. The average molecular weight is 377 g/mol. The molecule has 2 aromatic rings. The number of ketones is 1. The molecule has 0 amide bonds. The van der Waals surface area contributed by atoms with Crippen molar-refractivity contribution in [2.75, 3.05) is 25.6 Å². The third-order valence-electron chi connectivity index (χ3n) is 4.33. The number of fused-ring (bicyclic) bond motifs is 1. The molecule has 0 unspecified atom stereocenters. The van der Waals surface area contributed by atoms with Crippen LogP contribution in [0.4, 0.5) is 0 Å². The van der Waals surface area contributed by atoms with Crippen LogP contribution in [0.15, 0.2) is 28.2 Å². The van der Waals surface area contributed by atoms with Gasteiger partial charge in [-0.3, -0.25) is 9.36 Å². The van der Waals surface area contributed by atoms with Crippen LogP contribution in [0.3, 0.4) is 0 Å². The number of thioether (sulfide) groups is 1. The predicted octanol–water partition coefficient (Wildman–Crippen LogP) is 1.50. The first-order valence-electron chi connectivity index (χ1n) is 8.53. The largest absolute Gasteiger partial charge is 0.486 e. The van der Waals surface area contributed by atoms with Gasteiger partial charge in [-0.05, 0) is 31.0 Å². The summed E-state index contributed by atoms with van der Waals surface area (Å²) < 4.78 is 18.1. The van der Waals surface area contributed by atoms with Gasteiger partial charge in [0.15, 0.2) is 22.4 Å². The molecule has 1 fully saturated rings. The van der Waals surface area contributed by atoms with Gasteiger partial charge in [-0.1, -0.05) is 11.8 Å². The molecule has 1 N–H and O–H groups in total. The van der Waals surface area contributed by atoms with Crippen molar-refractivity contribution in [1.82, 2.24) is 14.8 Å². The summed E-state index contributed by atoms with van der Waals surface area (Å²) in [6.07, 6.45) is 1.96. The van der Waals surface area contributed by atoms with E-state index >= 15 is 0 Å². The van der Waals surface area contributed by atoms with Gasteiger partial charge >= 0.3 is 5.69 Å². The van der Waals surface area contributed by atoms with Crippen molar-refractivity contribution < 1.29 is 19.0 Å². The third-order valence-corrected chi connectivity index (χ3v) is 5.31. The van der Waals surface area contributed by atoms with Crippen molar-refractivity contribution in [2.24, 2.45) is 0 Å². The first-order valence-corrected chi connectivity index (χ1v) is 9.52. The minimum atomic E-state index is -0.283. The van der Waals surface area contributed by atoms with E-state index < -0.39 is 0 Å². The standard InChI is InChI=1S/C17H19N3O5S/c21-13(11-3-4-14-15(8-11)25-7-6-24-14)10-26-17-19-18-16(22)20(17)9-12-2-1-5-23-12/h3-4,8,12H,1-2,5-7,9-10H2,(H,18,22)/t12-/m1/s1. The molecule has 1 aromatic heterocycles. The topological polar surface area (TPSA) is 95.4 Å². The molecule has 2 aliphatic heterocycles. The zero-order valence-corrected chi connectivity index (χ0v) is 14.9. The molecule has 1 aromatic carbocycles. The number of ether oxygens (including phenoxy) is 3. The number of nitrogens with zero attached hydrogens (tertiary/aromatic N) is 2. The molecule has 1 saturated heterocycles. The maximum absolute atomic E-state index is 12.5. The van der Waals surface area contributed by atoms with Crippen molar-refractivity contribution in [2.45, 2.75) is 30.6 Å². The van der Waals surface area contributed by atoms with E-state index in [-0.39, 0.29) is 23.3 Å². The molecule has 3 heterocycles. The van der Waals surface area contributed by atoms with E-state index in [2.05, 4.69) is 10.2 Å². The summed E-state index contributed by atoms with van der Waals surface area (Å²) in [4.78, 5) is 24.5. The van der Waals surface area contributed by atoms with Crippen LogP contribution in [0.2, 0.25) is 0 Å². The fourth-order valence-electron chi connectivity index (χ4n) is 3.00. The lowest BCUT2D eigenvalue weighted by molar-refractivity contribution is 0.0941. The lowest BCUT2D eigenvalue weighted by atomic mass is 10.1. The zero-order chi connectivity index (χ0) is 17.9. The molecule has 2 aliphatic rings. The van der Waals surface area contributed by atoms with E-state index in [1.807, 2.05) is 0 Å². The van der Waals surface area contributed by atoms with Crippen LogP contribution >= 0.6 is 11.8 Å². The Morgan fingerprint density at radius 3 is 2.92 bits per heavy atom. The minimum absolute atomic E-state index is 0.0261. The summed E-state index contributed by atoms with van der Waals surface area (Å²) in [7, 11) is 0. The molecule has 0 aliphatic carbocycles. The quantitative estimate of drug-likeness (QED) is 0.602. The zero-order valence-electron chi connectivity index (χ0n) is 14.1. The fourth-order valence-corrected chi connectivity index (χ4v) is 3.85. The van der Waals surface area contributed by atoms with Crippen LogP contribution in [0, 0.1) is 0 Å². The van der Waals surface area contributed by atoms with Crippen molar-refractivity contribution in [3.63, 3.8) is 0 Å². The average Bonchev–Trinajstić information content (AvgIpc) is 3.30. The Bertz CT molecular complexity index is 856. The maximum Gasteiger partial charge on any atom is 0.344 e. The third kappa shape index (κ3) is 3.63. The highest BCUT2D eigenvalue weighted by atomic mass is 32.2. The number of benzene rings is 1. The maximum atomic E-state index is 12.5. The second-order valence-corrected chi connectivity index (χ2v) is 7.07. The van der Waals surface area contributed by atoms with Gasteiger partial charge in [-0.2, -0.15) is 0 Å². The summed E-state index contributed by atoms with van der Waals surface area (Å²) >= 11 is 1.24. The lowest BCUT2D eigenvalue weighted by Crippen LogP contribution is -2.25. The highest BCUT2D eigenvalue weighted by Crippen LogP contribution is 2.31. The van der Waals surface area contributed by atoms with E-state index in [1.165, 1.54) is 16.3 Å². The molecule has 0 saturated carbocycles. The number of aromatic nitrogens is 3. The number of hydrogen-bond acceptors (Lipinski definition) is 7. The van der Waals surface area contributed by atoms with Gasteiger partial charge in [-0.15, -0.1) is 5.10 Å². The molecule has 0 radical (unpaired) electrons. The smallest absolute Gasteiger partial charge is 0.344 e. The predicted molar refractivity (Wildman–Crippen MR) is 94.3 cm³/mol. The van der Waals surface area contributed by atoms with Crippen molar-refractivity contribution in [3.8, 4) is 11.5 Å². The van der Waals surface area contributed by atoms with Crippen LogP contribution < -0.4 is 15.2 Å². The number of carbonyl (C=O) groups excluding carboxylic acids is 1. The summed E-state index contributed by atoms with van der Waals surface area (Å²) in [5.41, 5.74) is 0.264. The summed E-state index contributed by atoms with van der Waals surface area (Å²) in [5.74, 6) is 1.35. The number of aromatic amines is 1. The van der Waals surface area contributed by atoms with Crippen molar-refractivity contribution >= 4 is 17.5 Å². The molecule has 4 rings (SSSR count). The molecule has 0 spiro atoms. The number of carbonyl (C=O) groups is 1. The minimum Gasteiger partial charge on any atom is -0.486 e. The van der Waals surface area contributed by atoms with Crippen LogP contribution in [-0.4, -0.2) is 52.2 Å². The van der Waals surface area contributed by atoms with Crippen LogP contribution in [0.5, 0.6) is 11.5 Å². The van der Waals surface area contributed by atoms with Gasteiger partial charge in [0, 0.05) is 12.2 Å². The van der Waals surface area contributed by atoms with Gasteiger partial charge in [0.1, 0.15) is 13.2 Å². The second kappa shape index (κ2) is 7.55. The molecule has 9 heteroatoms. The molecule has 138 valence electrons. The highest BCUT2D eigenvalue weighted by Gasteiger charge is 2.21. The Morgan fingerprint density at radius 2 is 2.12 bits per heavy atom. The summed E-state index contributed by atoms with van der Waals surface area (Å²) in [5, 5.41) is 6.98. The number of rotatable bonds is 6. The highest BCUT2D eigenvalue weighted by molar-refractivity contribution is 7.99. The number of nitrogens with one attached hydrogen (secondary N) is 1. The van der Waals surface area contributed by atoms with Crippen molar-refractivity contribution in [3.05, 3.63) is 34.2 Å². The SMILES string of the molecule is O=C(CSc1n[nH]c(=O)n1C[C@H]1CCCO1)c1ccc2c(c1)OCCO2. The van der Waals surface area contributed by atoms with Crippen molar-refractivity contribution in [1.29, 1.82) is 0 Å². The Hall–Kier alpha value is -2.26. The monoisotopic (exact) mass is 377 g/mol. The van der Waals surface area contributed by atoms with Gasteiger partial charge < -0.3 is 14.2 Å². The molecule has 0 bridgehead atoms. The Labute approximate surface area is 153 Å². The van der Waals surface area contributed by atoms with E-state index in [1.54, 1.807) is 18.2 Å². The molecular weight excluding hydrogens is 358 g/mol. The van der Waals surface area contributed by atoms with Crippen LogP contribution in [0.25, 0.3) is 0 Å². The molecule has 1 atom stereocenters. The van der Waals surface area contributed by atoms with Crippen LogP contribution in [-0.2, 0) is 11.3 Å². The first-order chi connectivity index (χ1) is 12.7. The fraction of sp³-hybridized carbons (Fsp3) is 0.471.